The molecule has 7 heteroatoms. The van der Waals surface area contributed by atoms with Gasteiger partial charge in [0.15, 0.2) is 0 Å². The molecule has 0 bridgehead atoms. The summed E-state index contributed by atoms with van der Waals surface area (Å²) in [5.41, 5.74) is 4.25. The number of nitrogens with zero attached hydrogens (tertiary/aromatic N) is 2. The van der Waals surface area contributed by atoms with Crippen molar-refractivity contribution in [1.29, 1.82) is 0 Å². The molecule has 6 nitrogen and oxygen atoms in total. The van der Waals surface area contributed by atoms with Crippen LogP contribution in [0.1, 0.15) is 12.5 Å². The van der Waals surface area contributed by atoms with Crippen molar-refractivity contribution in [3.05, 3.63) is 28.2 Å². The van der Waals surface area contributed by atoms with Gasteiger partial charge in [0.25, 0.3) is 5.91 Å². The first-order valence-electron chi connectivity index (χ1n) is 7.07. The first-order valence-corrected chi connectivity index (χ1v) is 7.86. The summed E-state index contributed by atoms with van der Waals surface area (Å²) in [5.74, 6) is 0.640. The lowest BCUT2D eigenvalue weighted by Gasteiger charge is -2.25. The fourth-order valence-corrected chi connectivity index (χ4v) is 2.64. The lowest BCUT2D eigenvalue weighted by atomic mass is 10.1. The Labute approximate surface area is 138 Å². The fraction of sp³-hybridized carbons (Fsp3) is 0.467. The number of methoxy groups -OCH3 is 1. The molecule has 1 saturated heterocycles. The minimum atomic E-state index is -0.117. The van der Waals surface area contributed by atoms with Crippen LogP contribution in [0.3, 0.4) is 0 Å². The summed E-state index contributed by atoms with van der Waals surface area (Å²) >= 11 is 3.44. The van der Waals surface area contributed by atoms with E-state index in [4.69, 9.17) is 9.47 Å². The topological polar surface area (TPSA) is 63.2 Å². The van der Waals surface area contributed by atoms with E-state index in [9.17, 15) is 4.79 Å². The van der Waals surface area contributed by atoms with Gasteiger partial charge in [-0.05, 0) is 46.6 Å². The maximum absolute atomic E-state index is 11.9. The average Bonchev–Trinajstić information content (AvgIpc) is 2.53. The first-order chi connectivity index (χ1) is 10.6. The highest BCUT2D eigenvalue weighted by atomic mass is 79.9. The highest BCUT2D eigenvalue weighted by molar-refractivity contribution is 9.10. The van der Waals surface area contributed by atoms with Crippen molar-refractivity contribution >= 4 is 27.5 Å². The zero-order valence-electron chi connectivity index (χ0n) is 12.8. The van der Waals surface area contributed by atoms with Gasteiger partial charge in [0.1, 0.15) is 5.75 Å². The summed E-state index contributed by atoms with van der Waals surface area (Å²) in [7, 11) is 1.62. The first kappa shape index (κ1) is 16.9. The van der Waals surface area contributed by atoms with Crippen molar-refractivity contribution in [2.24, 2.45) is 5.10 Å². The number of hydrazone groups is 1. The molecule has 1 N–H and O–H groups in total. The zero-order valence-corrected chi connectivity index (χ0v) is 14.4. The predicted molar refractivity (Wildman–Crippen MR) is 88.3 cm³/mol. The zero-order chi connectivity index (χ0) is 15.9. The van der Waals surface area contributed by atoms with Gasteiger partial charge in [0.2, 0.25) is 0 Å². The molecule has 1 fully saturated rings. The van der Waals surface area contributed by atoms with E-state index in [1.165, 1.54) is 0 Å². The Morgan fingerprint density at radius 1 is 1.45 bits per heavy atom. The molecular formula is C15H20BrN3O3. The Bertz CT molecular complexity index is 557. The van der Waals surface area contributed by atoms with Crippen LogP contribution in [0, 0.1) is 0 Å². The molecule has 0 atom stereocenters. The molecule has 120 valence electrons. The van der Waals surface area contributed by atoms with Gasteiger partial charge in [-0.3, -0.25) is 9.69 Å². The van der Waals surface area contributed by atoms with Crippen LogP contribution in [0.4, 0.5) is 0 Å². The third-order valence-corrected chi connectivity index (χ3v) is 4.01. The quantitative estimate of drug-likeness (QED) is 0.632. The van der Waals surface area contributed by atoms with Crippen molar-refractivity contribution in [1.82, 2.24) is 10.3 Å². The predicted octanol–water partition coefficient (Wildman–Crippen LogP) is 1.63. The minimum absolute atomic E-state index is 0.117. The van der Waals surface area contributed by atoms with Gasteiger partial charge in [-0.1, -0.05) is 0 Å². The SMILES string of the molecule is COc1ccc(C(C)=NNC(=O)CN2CCOCC2)cc1Br. The third-order valence-electron chi connectivity index (χ3n) is 3.39. The van der Waals surface area contributed by atoms with Crippen LogP contribution >= 0.6 is 15.9 Å². The van der Waals surface area contributed by atoms with Gasteiger partial charge in [0.05, 0.1) is 37.1 Å². The van der Waals surface area contributed by atoms with E-state index in [2.05, 4.69) is 26.5 Å². The van der Waals surface area contributed by atoms with E-state index < -0.39 is 0 Å². The van der Waals surface area contributed by atoms with Crippen molar-refractivity contribution in [3.8, 4) is 5.75 Å². The summed E-state index contributed by atoms with van der Waals surface area (Å²) in [5, 5.41) is 4.15. The molecule has 22 heavy (non-hydrogen) atoms. The van der Waals surface area contributed by atoms with E-state index in [-0.39, 0.29) is 5.91 Å². The number of amides is 1. The third kappa shape index (κ3) is 4.79. The Balaban J connectivity index is 1.91. The van der Waals surface area contributed by atoms with Gasteiger partial charge in [-0.25, -0.2) is 5.43 Å². The molecule has 0 aromatic heterocycles. The molecule has 1 aliphatic heterocycles. The normalized spacial score (nSPS) is 16.4. The number of carbonyl (C=O) groups is 1. The van der Waals surface area contributed by atoms with E-state index in [0.29, 0.717) is 19.8 Å². The molecule has 1 aromatic rings. The number of hydrogen-bond donors (Lipinski definition) is 1. The van der Waals surface area contributed by atoms with Gasteiger partial charge in [-0.15, -0.1) is 0 Å². The second kappa shape index (κ2) is 8.26. The minimum Gasteiger partial charge on any atom is -0.496 e. The van der Waals surface area contributed by atoms with Crippen molar-refractivity contribution in [2.75, 3.05) is 40.0 Å². The smallest absolute Gasteiger partial charge is 0.254 e. The van der Waals surface area contributed by atoms with Crippen molar-refractivity contribution in [2.45, 2.75) is 6.92 Å². The number of halogens is 1. The highest BCUT2D eigenvalue weighted by Gasteiger charge is 2.13. The number of ether oxygens (including phenoxy) is 2. The van der Waals surface area contributed by atoms with Crippen LogP contribution in [0.2, 0.25) is 0 Å². The van der Waals surface area contributed by atoms with Crippen LogP contribution < -0.4 is 10.2 Å². The number of benzene rings is 1. The van der Waals surface area contributed by atoms with Gasteiger partial charge in [-0.2, -0.15) is 5.10 Å². The average molecular weight is 370 g/mol. The maximum Gasteiger partial charge on any atom is 0.254 e. The molecule has 0 radical (unpaired) electrons. The Kier molecular flexibility index (Phi) is 6.35. The van der Waals surface area contributed by atoms with Crippen LogP contribution in [0.25, 0.3) is 0 Å². The van der Waals surface area contributed by atoms with Crippen LogP contribution in [-0.2, 0) is 9.53 Å². The summed E-state index contributed by atoms with van der Waals surface area (Å²) in [6.45, 7) is 5.10. The summed E-state index contributed by atoms with van der Waals surface area (Å²) in [6, 6.07) is 5.66. The number of nitrogens with one attached hydrogen (secondary N) is 1. The molecule has 1 aromatic carbocycles. The van der Waals surface area contributed by atoms with E-state index >= 15 is 0 Å². The lowest BCUT2D eigenvalue weighted by molar-refractivity contribution is -0.123. The van der Waals surface area contributed by atoms with Crippen LogP contribution in [0.5, 0.6) is 5.75 Å². The Morgan fingerprint density at radius 3 is 2.82 bits per heavy atom. The van der Waals surface area contributed by atoms with Gasteiger partial charge in [0, 0.05) is 13.1 Å². The molecule has 0 spiro atoms. The standard InChI is InChI=1S/C15H20BrN3O3/c1-11(12-3-4-14(21-2)13(16)9-12)17-18-15(20)10-19-5-7-22-8-6-19/h3-4,9H,5-8,10H2,1-2H3,(H,18,20). The maximum atomic E-state index is 11.9. The van der Waals surface area contributed by atoms with Crippen molar-refractivity contribution in [3.63, 3.8) is 0 Å². The molecule has 2 rings (SSSR count). The molecule has 1 heterocycles. The molecule has 0 aliphatic carbocycles. The van der Waals surface area contributed by atoms with Gasteiger partial charge < -0.3 is 9.47 Å². The molecule has 1 aliphatic rings. The summed E-state index contributed by atoms with van der Waals surface area (Å²) in [6.07, 6.45) is 0. The lowest BCUT2D eigenvalue weighted by Crippen LogP contribution is -2.42. The van der Waals surface area contributed by atoms with E-state index in [1.807, 2.05) is 30.0 Å². The monoisotopic (exact) mass is 369 g/mol. The van der Waals surface area contributed by atoms with E-state index in [0.717, 1.165) is 34.6 Å². The summed E-state index contributed by atoms with van der Waals surface area (Å²) in [4.78, 5) is 13.9. The number of hydrogen-bond acceptors (Lipinski definition) is 5. The summed E-state index contributed by atoms with van der Waals surface area (Å²) < 4.78 is 11.3. The largest absolute Gasteiger partial charge is 0.496 e. The number of morpholine rings is 1. The Morgan fingerprint density at radius 2 is 2.18 bits per heavy atom. The van der Waals surface area contributed by atoms with Gasteiger partial charge >= 0.3 is 0 Å². The Hall–Kier alpha value is -1.44. The molecular weight excluding hydrogens is 350 g/mol. The highest BCUT2D eigenvalue weighted by Crippen LogP contribution is 2.25. The van der Waals surface area contributed by atoms with Crippen molar-refractivity contribution < 1.29 is 14.3 Å². The molecule has 0 unspecified atom stereocenters. The molecule has 0 saturated carbocycles. The number of rotatable bonds is 5. The number of carbonyl (C=O) groups excluding carboxylic acids is 1. The second-order valence-electron chi connectivity index (χ2n) is 4.97. The van der Waals surface area contributed by atoms with Crippen LogP contribution in [0.15, 0.2) is 27.8 Å². The fourth-order valence-electron chi connectivity index (χ4n) is 2.10. The second-order valence-corrected chi connectivity index (χ2v) is 5.82. The molecule has 1 amide bonds. The van der Waals surface area contributed by atoms with Crippen LogP contribution in [-0.4, -0.2) is 56.5 Å². The van der Waals surface area contributed by atoms with E-state index in [1.54, 1.807) is 7.11 Å².